The van der Waals surface area contributed by atoms with Gasteiger partial charge in [0, 0.05) is 37.9 Å². The number of nitrogens with one attached hydrogen (secondary N) is 1. The Morgan fingerprint density at radius 2 is 2.33 bits per heavy atom. The Morgan fingerprint density at radius 1 is 1.43 bits per heavy atom. The summed E-state index contributed by atoms with van der Waals surface area (Å²) >= 11 is 0. The van der Waals surface area contributed by atoms with Gasteiger partial charge in [0.15, 0.2) is 11.6 Å². The minimum atomic E-state index is -0.0172. The molecule has 0 saturated carbocycles. The van der Waals surface area contributed by atoms with Gasteiger partial charge in [0.2, 0.25) is 0 Å². The van der Waals surface area contributed by atoms with E-state index in [0.717, 1.165) is 44.4 Å². The third kappa shape index (κ3) is 3.48. The molecule has 21 heavy (non-hydrogen) atoms. The number of aromatic nitrogens is 5. The van der Waals surface area contributed by atoms with E-state index in [-0.39, 0.29) is 6.10 Å². The predicted molar refractivity (Wildman–Crippen MR) is 77.8 cm³/mol. The van der Waals surface area contributed by atoms with Gasteiger partial charge in [-0.1, -0.05) is 13.8 Å². The maximum atomic E-state index is 5.83. The van der Waals surface area contributed by atoms with Gasteiger partial charge in [0.1, 0.15) is 6.10 Å². The van der Waals surface area contributed by atoms with Crippen LogP contribution in [0.4, 0.5) is 0 Å². The highest BCUT2D eigenvalue weighted by atomic mass is 16.5. The molecule has 2 aromatic heterocycles. The van der Waals surface area contributed by atoms with Gasteiger partial charge >= 0.3 is 0 Å². The van der Waals surface area contributed by atoms with E-state index in [1.165, 1.54) is 0 Å². The lowest BCUT2D eigenvalue weighted by molar-refractivity contribution is -0.0352. The van der Waals surface area contributed by atoms with Crippen LogP contribution in [0.5, 0.6) is 0 Å². The first-order valence-corrected chi connectivity index (χ1v) is 7.46. The Kier molecular flexibility index (Phi) is 4.31. The van der Waals surface area contributed by atoms with E-state index in [0.29, 0.717) is 5.92 Å². The Morgan fingerprint density at radius 3 is 3.05 bits per heavy atom. The lowest BCUT2D eigenvalue weighted by atomic mass is 10.2. The van der Waals surface area contributed by atoms with E-state index < -0.39 is 0 Å². The van der Waals surface area contributed by atoms with E-state index in [4.69, 9.17) is 4.74 Å². The summed E-state index contributed by atoms with van der Waals surface area (Å²) in [5.74, 6) is 2.01. The maximum Gasteiger partial charge on any atom is 0.155 e. The fraction of sp³-hybridized carbons (Fsp3) is 0.643. The average Bonchev–Trinajstić information content (AvgIpc) is 3.17. The number of rotatable bonds is 5. The van der Waals surface area contributed by atoms with Crippen LogP contribution in [0.3, 0.4) is 0 Å². The van der Waals surface area contributed by atoms with Gasteiger partial charge in [0.25, 0.3) is 0 Å². The molecule has 0 spiro atoms. The van der Waals surface area contributed by atoms with Crippen molar-refractivity contribution in [2.75, 3.05) is 26.2 Å². The molecule has 3 rings (SSSR count). The van der Waals surface area contributed by atoms with Gasteiger partial charge in [-0.2, -0.15) is 10.2 Å². The van der Waals surface area contributed by atoms with Crippen molar-refractivity contribution < 1.29 is 4.74 Å². The molecule has 7 nitrogen and oxygen atoms in total. The van der Waals surface area contributed by atoms with Crippen molar-refractivity contribution in [3.8, 4) is 0 Å². The van der Waals surface area contributed by atoms with Crippen LogP contribution in [0.25, 0.3) is 0 Å². The van der Waals surface area contributed by atoms with Crippen molar-refractivity contribution in [1.82, 2.24) is 29.9 Å². The standard InChI is InChI=1S/C14H22N6O/c1-11(2)13-16-14(18-17-13)12-10-19(8-9-21-12)6-7-20-5-3-4-15-20/h3-5,11-12H,6-10H2,1-2H3,(H,16,17,18). The van der Waals surface area contributed by atoms with Crippen molar-refractivity contribution in [2.24, 2.45) is 0 Å². The summed E-state index contributed by atoms with van der Waals surface area (Å²) in [5, 5.41) is 11.5. The molecule has 0 aromatic carbocycles. The Labute approximate surface area is 124 Å². The smallest absolute Gasteiger partial charge is 0.155 e. The van der Waals surface area contributed by atoms with Gasteiger partial charge < -0.3 is 4.74 Å². The van der Waals surface area contributed by atoms with Gasteiger partial charge in [-0.15, -0.1) is 0 Å². The fourth-order valence-corrected chi connectivity index (χ4v) is 2.44. The molecule has 0 aliphatic carbocycles. The van der Waals surface area contributed by atoms with Crippen LogP contribution in [0.1, 0.15) is 37.5 Å². The van der Waals surface area contributed by atoms with Crippen LogP contribution in [-0.4, -0.2) is 56.1 Å². The van der Waals surface area contributed by atoms with E-state index >= 15 is 0 Å². The van der Waals surface area contributed by atoms with E-state index in [9.17, 15) is 0 Å². The number of H-pyrrole nitrogens is 1. The summed E-state index contributed by atoms with van der Waals surface area (Å²) in [5.41, 5.74) is 0. The van der Waals surface area contributed by atoms with Crippen molar-refractivity contribution in [3.63, 3.8) is 0 Å². The monoisotopic (exact) mass is 290 g/mol. The molecule has 1 aliphatic rings. The normalized spacial score (nSPS) is 20.2. The summed E-state index contributed by atoms with van der Waals surface area (Å²) in [6.07, 6.45) is 3.78. The van der Waals surface area contributed by atoms with Gasteiger partial charge in [0.05, 0.1) is 13.2 Å². The number of morpholine rings is 1. The second-order valence-electron chi connectivity index (χ2n) is 5.66. The molecule has 7 heteroatoms. The second kappa shape index (κ2) is 6.36. The highest BCUT2D eigenvalue weighted by Gasteiger charge is 2.25. The van der Waals surface area contributed by atoms with Crippen LogP contribution in [0.2, 0.25) is 0 Å². The highest BCUT2D eigenvalue weighted by Crippen LogP contribution is 2.20. The van der Waals surface area contributed by atoms with Crippen LogP contribution < -0.4 is 0 Å². The Balaban J connectivity index is 1.57. The van der Waals surface area contributed by atoms with Crippen LogP contribution in [0, 0.1) is 0 Å². The molecule has 0 bridgehead atoms. The largest absolute Gasteiger partial charge is 0.368 e. The van der Waals surface area contributed by atoms with Gasteiger partial charge in [-0.05, 0) is 6.07 Å². The zero-order valence-corrected chi connectivity index (χ0v) is 12.6. The molecule has 3 heterocycles. The predicted octanol–water partition coefficient (Wildman–Crippen LogP) is 1.20. The lowest BCUT2D eigenvalue weighted by Gasteiger charge is -2.31. The summed E-state index contributed by atoms with van der Waals surface area (Å²) in [7, 11) is 0. The lowest BCUT2D eigenvalue weighted by Crippen LogP contribution is -2.40. The molecule has 1 N–H and O–H groups in total. The van der Waals surface area contributed by atoms with Gasteiger partial charge in [-0.25, -0.2) is 4.98 Å². The van der Waals surface area contributed by atoms with E-state index in [1.54, 1.807) is 0 Å². The molecule has 1 fully saturated rings. The van der Waals surface area contributed by atoms with Gasteiger partial charge in [-0.3, -0.25) is 14.7 Å². The topological polar surface area (TPSA) is 71.9 Å². The fourth-order valence-electron chi connectivity index (χ4n) is 2.44. The third-order valence-corrected chi connectivity index (χ3v) is 3.70. The molecule has 1 unspecified atom stereocenters. The quantitative estimate of drug-likeness (QED) is 0.896. The van der Waals surface area contributed by atoms with Crippen LogP contribution in [0.15, 0.2) is 18.5 Å². The zero-order chi connectivity index (χ0) is 14.7. The first-order chi connectivity index (χ1) is 10.2. The Hall–Kier alpha value is -1.73. The number of hydrogen-bond donors (Lipinski definition) is 1. The third-order valence-electron chi connectivity index (χ3n) is 3.70. The average molecular weight is 290 g/mol. The number of ether oxygens (including phenoxy) is 1. The number of hydrogen-bond acceptors (Lipinski definition) is 5. The number of aromatic amines is 1. The zero-order valence-electron chi connectivity index (χ0n) is 12.6. The van der Waals surface area contributed by atoms with E-state index in [1.807, 2.05) is 23.1 Å². The SMILES string of the molecule is CC(C)c1n[nH]c(C2CN(CCn3cccn3)CCO2)n1. The summed E-state index contributed by atoms with van der Waals surface area (Å²) in [4.78, 5) is 6.92. The second-order valence-corrected chi connectivity index (χ2v) is 5.66. The van der Waals surface area contributed by atoms with Crippen LogP contribution >= 0.6 is 0 Å². The van der Waals surface area contributed by atoms with E-state index in [2.05, 4.69) is 39.0 Å². The van der Waals surface area contributed by atoms with Crippen molar-refractivity contribution in [1.29, 1.82) is 0 Å². The molecule has 0 radical (unpaired) electrons. The highest BCUT2D eigenvalue weighted by molar-refractivity contribution is 4.99. The molecule has 0 amide bonds. The van der Waals surface area contributed by atoms with Crippen molar-refractivity contribution >= 4 is 0 Å². The molecular weight excluding hydrogens is 268 g/mol. The summed E-state index contributed by atoms with van der Waals surface area (Å²) < 4.78 is 7.78. The summed E-state index contributed by atoms with van der Waals surface area (Å²) in [6, 6.07) is 1.95. The van der Waals surface area contributed by atoms with Crippen LogP contribution in [-0.2, 0) is 11.3 Å². The summed E-state index contributed by atoms with van der Waals surface area (Å²) in [6.45, 7) is 8.55. The molecular formula is C14H22N6O. The van der Waals surface area contributed by atoms with Crippen molar-refractivity contribution in [3.05, 3.63) is 30.1 Å². The minimum absolute atomic E-state index is 0.0172. The first-order valence-electron chi connectivity index (χ1n) is 7.46. The maximum absolute atomic E-state index is 5.83. The van der Waals surface area contributed by atoms with Crippen molar-refractivity contribution in [2.45, 2.75) is 32.4 Å². The number of nitrogens with zero attached hydrogens (tertiary/aromatic N) is 5. The minimum Gasteiger partial charge on any atom is -0.368 e. The molecule has 114 valence electrons. The molecule has 2 aromatic rings. The molecule has 1 saturated heterocycles. The molecule has 1 atom stereocenters. The first kappa shape index (κ1) is 14.2. The molecule has 1 aliphatic heterocycles. The Bertz CT molecular complexity index is 550.